The van der Waals surface area contributed by atoms with Crippen LogP contribution in [0, 0.1) is 0 Å². The molecule has 0 unspecified atom stereocenters. The van der Waals surface area contributed by atoms with Crippen LogP contribution in [0.5, 0.6) is 0 Å². The Morgan fingerprint density at radius 2 is 2.25 bits per heavy atom. The van der Waals surface area contributed by atoms with Crippen molar-refractivity contribution in [3.05, 3.63) is 34.3 Å². The molecule has 1 aromatic carbocycles. The van der Waals surface area contributed by atoms with Crippen LogP contribution in [0.4, 0.5) is 0 Å². The number of aliphatic hydroxyl groups excluding tert-OH is 1. The highest BCUT2D eigenvalue weighted by atomic mass is 79.9. The van der Waals surface area contributed by atoms with Crippen molar-refractivity contribution in [2.24, 2.45) is 5.10 Å². The second kappa shape index (κ2) is 4.76. The van der Waals surface area contributed by atoms with E-state index in [1.54, 1.807) is 0 Å². The number of benzene rings is 1. The third kappa shape index (κ3) is 2.31. The summed E-state index contributed by atoms with van der Waals surface area (Å²) in [5.41, 5.74) is 1.80. The van der Waals surface area contributed by atoms with E-state index in [9.17, 15) is 4.79 Å². The van der Waals surface area contributed by atoms with Gasteiger partial charge in [-0.25, -0.2) is 5.01 Å². The fourth-order valence-corrected chi connectivity index (χ4v) is 1.99. The van der Waals surface area contributed by atoms with Gasteiger partial charge < -0.3 is 5.11 Å². The number of hydrogen-bond donors (Lipinski definition) is 1. The number of aliphatic hydroxyl groups is 1. The van der Waals surface area contributed by atoms with Crippen LogP contribution in [0.1, 0.15) is 18.4 Å². The summed E-state index contributed by atoms with van der Waals surface area (Å²) in [6, 6.07) is 7.74. The molecule has 0 saturated carbocycles. The summed E-state index contributed by atoms with van der Waals surface area (Å²) in [6.07, 6.45) is 1.01. The van der Waals surface area contributed by atoms with Crippen LogP contribution < -0.4 is 0 Å². The fourth-order valence-electron chi connectivity index (χ4n) is 1.59. The predicted octanol–water partition coefficient (Wildman–Crippen LogP) is 1.73. The summed E-state index contributed by atoms with van der Waals surface area (Å²) in [6.45, 7) is -0.365. The highest BCUT2D eigenvalue weighted by Gasteiger charge is 2.20. The molecule has 4 nitrogen and oxygen atoms in total. The lowest BCUT2D eigenvalue weighted by atomic mass is 10.0. The van der Waals surface area contributed by atoms with Gasteiger partial charge in [0.05, 0.1) is 5.71 Å². The fraction of sp³-hybridized carbons (Fsp3) is 0.273. The van der Waals surface area contributed by atoms with Crippen molar-refractivity contribution in [1.29, 1.82) is 0 Å². The van der Waals surface area contributed by atoms with Gasteiger partial charge in [0.1, 0.15) is 6.73 Å². The molecule has 1 aliphatic heterocycles. The summed E-state index contributed by atoms with van der Waals surface area (Å²) in [7, 11) is 0. The van der Waals surface area contributed by atoms with E-state index in [1.807, 2.05) is 24.3 Å². The van der Waals surface area contributed by atoms with Crippen molar-refractivity contribution in [2.45, 2.75) is 12.8 Å². The zero-order valence-electron chi connectivity index (χ0n) is 8.56. The third-order valence-corrected chi connectivity index (χ3v) is 2.89. The van der Waals surface area contributed by atoms with Gasteiger partial charge in [0.15, 0.2) is 0 Å². The van der Waals surface area contributed by atoms with Crippen molar-refractivity contribution in [1.82, 2.24) is 5.01 Å². The SMILES string of the molecule is O=C1CCC(c2cccc(Br)c2)=NN1CO. The molecule has 0 atom stereocenters. The van der Waals surface area contributed by atoms with Gasteiger partial charge in [0.2, 0.25) is 5.91 Å². The van der Waals surface area contributed by atoms with Gasteiger partial charge >= 0.3 is 0 Å². The highest BCUT2D eigenvalue weighted by molar-refractivity contribution is 9.10. The van der Waals surface area contributed by atoms with E-state index in [0.29, 0.717) is 12.8 Å². The van der Waals surface area contributed by atoms with Crippen LogP contribution >= 0.6 is 15.9 Å². The summed E-state index contributed by atoms with van der Waals surface area (Å²) in [5, 5.41) is 14.2. The van der Waals surface area contributed by atoms with E-state index in [-0.39, 0.29) is 12.6 Å². The average Bonchev–Trinajstić information content (AvgIpc) is 2.29. The van der Waals surface area contributed by atoms with Crippen LogP contribution in [0.25, 0.3) is 0 Å². The molecule has 2 rings (SSSR count). The molecule has 0 bridgehead atoms. The largest absolute Gasteiger partial charge is 0.374 e. The first kappa shape index (κ1) is 11.3. The normalized spacial score (nSPS) is 16.2. The summed E-state index contributed by atoms with van der Waals surface area (Å²) < 4.78 is 0.972. The molecule has 84 valence electrons. The number of carbonyl (C=O) groups is 1. The van der Waals surface area contributed by atoms with E-state index in [1.165, 1.54) is 0 Å². The Hall–Kier alpha value is -1.20. The van der Waals surface area contributed by atoms with Crippen molar-refractivity contribution >= 4 is 27.5 Å². The van der Waals surface area contributed by atoms with Crippen LogP contribution in [-0.2, 0) is 4.79 Å². The number of carbonyl (C=O) groups excluding carboxylic acids is 1. The second-order valence-corrected chi connectivity index (χ2v) is 4.41. The van der Waals surface area contributed by atoms with Crippen molar-refractivity contribution in [2.75, 3.05) is 6.73 Å². The lowest BCUT2D eigenvalue weighted by Gasteiger charge is -2.21. The van der Waals surface area contributed by atoms with Crippen LogP contribution in [0.2, 0.25) is 0 Å². The average molecular weight is 283 g/mol. The van der Waals surface area contributed by atoms with Crippen LogP contribution in [-0.4, -0.2) is 28.5 Å². The van der Waals surface area contributed by atoms with Gasteiger partial charge in [-0.15, -0.1) is 0 Å². The molecule has 1 heterocycles. The summed E-state index contributed by atoms with van der Waals surface area (Å²) in [5.74, 6) is -0.138. The lowest BCUT2D eigenvalue weighted by molar-refractivity contribution is -0.135. The van der Waals surface area contributed by atoms with E-state index < -0.39 is 0 Å². The van der Waals surface area contributed by atoms with Crippen molar-refractivity contribution in [3.63, 3.8) is 0 Å². The Labute approximate surface area is 102 Å². The minimum absolute atomic E-state index is 0.138. The van der Waals surface area contributed by atoms with Gasteiger partial charge in [-0.2, -0.15) is 5.10 Å². The molecule has 1 N–H and O–H groups in total. The Bertz CT molecular complexity index is 445. The smallest absolute Gasteiger partial charge is 0.245 e. The molecule has 1 aliphatic rings. The molecule has 0 radical (unpaired) electrons. The minimum atomic E-state index is -0.365. The number of nitrogens with zero attached hydrogens (tertiary/aromatic N) is 2. The Kier molecular flexibility index (Phi) is 3.36. The minimum Gasteiger partial charge on any atom is -0.374 e. The Morgan fingerprint density at radius 1 is 1.44 bits per heavy atom. The Balaban J connectivity index is 2.31. The zero-order chi connectivity index (χ0) is 11.5. The molecule has 0 fully saturated rings. The Morgan fingerprint density at radius 3 is 2.94 bits per heavy atom. The summed E-state index contributed by atoms with van der Waals surface area (Å²) >= 11 is 3.39. The molecule has 0 saturated heterocycles. The molecular formula is C11H11BrN2O2. The number of halogens is 1. The molecule has 0 spiro atoms. The maximum Gasteiger partial charge on any atom is 0.245 e. The van der Waals surface area contributed by atoms with Crippen molar-refractivity contribution < 1.29 is 9.90 Å². The topological polar surface area (TPSA) is 52.9 Å². The van der Waals surface area contributed by atoms with Gasteiger partial charge in [-0.3, -0.25) is 4.79 Å². The first-order chi connectivity index (χ1) is 7.70. The van der Waals surface area contributed by atoms with E-state index in [4.69, 9.17) is 5.11 Å². The first-order valence-electron chi connectivity index (χ1n) is 4.95. The van der Waals surface area contributed by atoms with E-state index in [0.717, 1.165) is 20.8 Å². The van der Waals surface area contributed by atoms with Gasteiger partial charge in [-0.1, -0.05) is 28.1 Å². The standard InChI is InChI=1S/C11H11BrN2O2/c12-9-3-1-2-8(6-9)10-4-5-11(16)14(7-15)13-10/h1-3,6,15H,4-5,7H2. The molecule has 1 amide bonds. The molecule has 1 aromatic rings. The zero-order valence-corrected chi connectivity index (χ0v) is 10.1. The van der Waals surface area contributed by atoms with Crippen molar-refractivity contribution in [3.8, 4) is 0 Å². The molecule has 0 aliphatic carbocycles. The van der Waals surface area contributed by atoms with Crippen LogP contribution in [0.3, 0.4) is 0 Å². The van der Waals surface area contributed by atoms with Gasteiger partial charge in [0.25, 0.3) is 0 Å². The van der Waals surface area contributed by atoms with E-state index in [2.05, 4.69) is 21.0 Å². The maximum absolute atomic E-state index is 11.3. The maximum atomic E-state index is 11.3. The first-order valence-corrected chi connectivity index (χ1v) is 5.74. The van der Waals surface area contributed by atoms with E-state index >= 15 is 0 Å². The van der Waals surface area contributed by atoms with Gasteiger partial charge in [0, 0.05) is 17.3 Å². The third-order valence-electron chi connectivity index (χ3n) is 2.40. The number of amides is 1. The molecule has 5 heteroatoms. The number of hydrazone groups is 1. The van der Waals surface area contributed by atoms with Crippen LogP contribution in [0.15, 0.2) is 33.8 Å². The monoisotopic (exact) mass is 282 g/mol. The highest BCUT2D eigenvalue weighted by Crippen LogP contribution is 2.18. The van der Waals surface area contributed by atoms with Gasteiger partial charge in [-0.05, 0) is 17.7 Å². The number of rotatable bonds is 2. The molecule has 0 aromatic heterocycles. The summed E-state index contributed by atoms with van der Waals surface area (Å²) in [4.78, 5) is 11.3. The lowest BCUT2D eigenvalue weighted by Crippen LogP contribution is -2.32. The molecule has 16 heavy (non-hydrogen) atoms. The second-order valence-electron chi connectivity index (χ2n) is 3.49. The number of hydrogen-bond acceptors (Lipinski definition) is 3. The predicted molar refractivity (Wildman–Crippen MR) is 63.8 cm³/mol. The quantitative estimate of drug-likeness (QED) is 0.898. The molecular weight excluding hydrogens is 272 g/mol.